The minimum absolute atomic E-state index is 0. The molecular formula is H2AlCl2LiO+. The van der Waals surface area contributed by atoms with Crippen molar-refractivity contribution in [3.63, 3.8) is 0 Å². The first-order valence-corrected chi connectivity index (χ1v) is 0.707. The Kier molecular flexibility index (Phi) is 308. The molecular weight excluding hydrogens is 121 g/mol. The molecule has 0 aliphatic rings. The summed E-state index contributed by atoms with van der Waals surface area (Å²) in [6.07, 6.45) is 0. The van der Waals surface area contributed by atoms with Gasteiger partial charge in [-0.05, 0) is 0 Å². The summed E-state index contributed by atoms with van der Waals surface area (Å²) >= 11 is 1.17. The third-order valence-electron chi connectivity index (χ3n) is 0. The Morgan fingerprint density at radius 1 is 1.00 bits per heavy atom. The molecule has 0 aromatic carbocycles. The summed E-state index contributed by atoms with van der Waals surface area (Å²) in [5, 5.41) is 0. The van der Waals surface area contributed by atoms with Crippen molar-refractivity contribution in [2.24, 2.45) is 0 Å². The van der Waals surface area contributed by atoms with E-state index in [9.17, 15) is 0 Å². The standard InChI is InChI=1S/Al.2ClH.Li.O/h;2*1H;;/q;;;+1;. The van der Waals surface area contributed by atoms with Gasteiger partial charge < -0.3 is 0 Å². The number of hydrogen-bond donors (Lipinski definition) is 0. The quantitative estimate of drug-likeness (QED) is 0.321. The van der Waals surface area contributed by atoms with Gasteiger partial charge in [0.25, 0.3) is 0 Å². The molecule has 0 saturated carbocycles. The van der Waals surface area contributed by atoms with Crippen molar-refractivity contribution >= 4 is 41.0 Å². The van der Waals surface area contributed by atoms with E-state index in [0.717, 1.165) is 0 Å². The molecule has 0 heterocycles. The van der Waals surface area contributed by atoms with E-state index in [2.05, 4.69) is 0 Å². The van der Waals surface area contributed by atoms with Crippen LogP contribution < -0.4 is 18.9 Å². The molecule has 0 fully saturated rings. The maximum absolute atomic E-state index is 8.17. The van der Waals surface area contributed by atoms with Gasteiger partial charge in [0.2, 0.25) is 0 Å². The normalized spacial score (nSPS) is 0.600. The van der Waals surface area contributed by atoms with E-state index in [0.29, 0.717) is 0 Å². The first kappa shape index (κ1) is 31.4. The van der Waals surface area contributed by atoms with Gasteiger partial charge in [-0.3, -0.25) is 0 Å². The summed E-state index contributed by atoms with van der Waals surface area (Å²) in [7, 11) is 0. The summed E-state index contributed by atoms with van der Waals surface area (Å²) in [5.41, 5.74) is 0. The van der Waals surface area contributed by atoms with Gasteiger partial charge >= 0.3 is 38.9 Å². The fourth-order valence-electron chi connectivity index (χ4n) is 0. The average Bonchev–Trinajstić information content (AvgIpc) is 1.00. The Balaban J connectivity index is -0.00000000167. The number of halogens is 2. The topological polar surface area (TPSA) is 17.1 Å². The molecule has 0 rings (SSSR count). The van der Waals surface area contributed by atoms with Gasteiger partial charge in [-0.25, -0.2) is 0 Å². The number of rotatable bonds is 0. The molecule has 0 saturated heterocycles. The van der Waals surface area contributed by atoms with E-state index >= 15 is 0 Å². The van der Waals surface area contributed by atoms with E-state index in [1.54, 1.807) is 0 Å². The second kappa shape index (κ2) is 49.2. The van der Waals surface area contributed by atoms with E-state index < -0.39 is 0 Å². The molecule has 0 aliphatic heterocycles. The van der Waals surface area contributed by atoms with Crippen molar-refractivity contribution in [3.8, 4) is 0 Å². The van der Waals surface area contributed by atoms with Gasteiger partial charge in [-0.1, -0.05) is 0 Å². The van der Waals surface area contributed by atoms with Gasteiger partial charge in [0.15, 0.2) is 0 Å². The van der Waals surface area contributed by atoms with Crippen molar-refractivity contribution in [2.45, 2.75) is 0 Å². The van der Waals surface area contributed by atoms with Crippen LogP contribution in [0.2, 0.25) is 0 Å². The molecule has 0 aromatic rings. The average molecular weight is 123 g/mol. The second-order valence-corrected chi connectivity index (χ2v) is 0. The molecule has 0 spiro atoms. The molecule has 0 N–H and O–H groups in total. The zero-order valence-corrected chi connectivity index (χ0v) is 5.59. The van der Waals surface area contributed by atoms with Gasteiger partial charge in [0.05, 0.1) is 0 Å². The molecule has 5 heavy (non-hydrogen) atoms. The molecule has 0 atom stereocenters. The summed E-state index contributed by atoms with van der Waals surface area (Å²) < 4.78 is 8.17. The predicted octanol–water partition coefficient (Wildman–Crippen LogP) is -2.65. The van der Waals surface area contributed by atoms with Gasteiger partial charge in [-0.2, -0.15) is 0 Å². The third-order valence-corrected chi connectivity index (χ3v) is 0. The SMILES string of the molecule is Cl.Cl.[Li+].[O]=[Al]. The van der Waals surface area contributed by atoms with Crippen LogP contribution in [-0.4, -0.2) is 16.2 Å². The molecule has 5 heteroatoms. The van der Waals surface area contributed by atoms with E-state index in [4.69, 9.17) is 3.80 Å². The van der Waals surface area contributed by atoms with Crippen LogP contribution in [0.3, 0.4) is 0 Å². The van der Waals surface area contributed by atoms with Crippen LogP contribution in [0.5, 0.6) is 0 Å². The van der Waals surface area contributed by atoms with Gasteiger partial charge in [0, 0.05) is 0 Å². The summed E-state index contributed by atoms with van der Waals surface area (Å²) in [4.78, 5) is 0. The van der Waals surface area contributed by atoms with E-state index in [-0.39, 0.29) is 43.7 Å². The minimum atomic E-state index is 0. The first-order valence-electron chi connectivity index (χ1n) is 0.236. The van der Waals surface area contributed by atoms with Crippen LogP contribution in [0.15, 0.2) is 0 Å². The Bertz CT molecular complexity index is 9.61. The first-order chi connectivity index (χ1) is 1.00. The third kappa shape index (κ3) is 29.8. The molecule has 0 bridgehead atoms. The zero-order chi connectivity index (χ0) is 2.00. The van der Waals surface area contributed by atoms with Crippen LogP contribution in [-0.2, 0) is 3.80 Å². The molecule has 0 amide bonds. The van der Waals surface area contributed by atoms with Crippen molar-refractivity contribution in [3.05, 3.63) is 0 Å². The molecule has 1 nitrogen and oxygen atoms in total. The maximum atomic E-state index is 8.17. The summed E-state index contributed by atoms with van der Waals surface area (Å²) in [5.74, 6) is 0. The molecule has 0 aromatic heterocycles. The fourth-order valence-corrected chi connectivity index (χ4v) is 0. The number of hydrogen-bond acceptors (Lipinski definition) is 1. The summed E-state index contributed by atoms with van der Waals surface area (Å²) in [6.45, 7) is 0. The summed E-state index contributed by atoms with van der Waals surface area (Å²) in [6, 6.07) is 0. The van der Waals surface area contributed by atoms with Crippen LogP contribution >= 0.6 is 24.8 Å². The van der Waals surface area contributed by atoms with Crippen LogP contribution in [0.1, 0.15) is 0 Å². The van der Waals surface area contributed by atoms with Crippen LogP contribution in [0.4, 0.5) is 0 Å². The van der Waals surface area contributed by atoms with E-state index in [1.165, 1.54) is 16.2 Å². The van der Waals surface area contributed by atoms with Crippen molar-refractivity contribution in [2.75, 3.05) is 0 Å². The second-order valence-electron chi connectivity index (χ2n) is 0. The Labute approximate surface area is 63.5 Å². The Morgan fingerprint density at radius 3 is 1.00 bits per heavy atom. The Hall–Kier alpha value is 1.51. The van der Waals surface area contributed by atoms with Gasteiger partial charge in [0.1, 0.15) is 0 Å². The molecule has 0 unspecified atom stereocenters. The molecule has 25 valence electrons. The van der Waals surface area contributed by atoms with Crippen molar-refractivity contribution in [1.29, 1.82) is 0 Å². The van der Waals surface area contributed by atoms with Crippen LogP contribution in [0.25, 0.3) is 0 Å². The van der Waals surface area contributed by atoms with E-state index in [1.807, 2.05) is 0 Å². The van der Waals surface area contributed by atoms with Crippen molar-refractivity contribution in [1.82, 2.24) is 0 Å². The molecule has 0 aliphatic carbocycles. The molecule has 1 radical (unpaired) electrons. The van der Waals surface area contributed by atoms with Crippen LogP contribution in [0, 0.1) is 0 Å². The fraction of sp³-hybridized carbons (Fsp3) is 0. The van der Waals surface area contributed by atoms with Gasteiger partial charge in [-0.15, -0.1) is 24.8 Å². The van der Waals surface area contributed by atoms with Crippen molar-refractivity contribution < 1.29 is 22.7 Å². The monoisotopic (exact) mass is 122 g/mol. The Morgan fingerprint density at radius 2 is 1.00 bits per heavy atom. The predicted molar refractivity (Wildman–Crippen MR) is 20.9 cm³/mol. The zero-order valence-electron chi connectivity index (χ0n) is 2.80.